The second-order valence-corrected chi connectivity index (χ2v) is 7.22. The van der Waals surface area contributed by atoms with Crippen LogP contribution in [0.3, 0.4) is 0 Å². The first-order chi connectivity index (χ1) is 15.0. The number of H-pyrrole nitrogens is 1. The number of non-ortho nitro benzene ring substituents is 1. The summed E-state index contributed by atoms with van der Waals surface area (Å²) in [6.07, 6.45) is 4.12. The Kier molecular flexibility index (Phi) is 4.14. The number of aromatic amines is 1. The number of nitro groups is 1. The molecule has 0 atom stereocenters. The summed E-state index contributed by atoms with van der Waals surface area (Å²) in [5, 5.41) is 17.9. The van der Waals surface area contributed by atoms with Crippen LogP contribution in [-0.4, -0.2) is 32.9 Å². The van der Waals surface area contributed by atoms with E-state index in [1.54, 1.807) is 18.3 Å². The highest BCUT2D eigenvalue weighted by atomic mass is 16.6. The summed E-state index contributed by atoms with van der Waals surface area (Å²) >= 11 is 0. The fraction of sp³-hybridized carbons (Fsp3) is 0.0870. The van der Waals surface area contributed by atoms with E-state index in [4.69, 9.17) is 0 Å². The van der Waals surface area contributed by atoms with Crippen LogP contribution in [0, 0.1) is 10.1 Å². The number of nitrogens with one attached hydrogen (secondary N) is 1. The highest BCUT2D eigenvalue weighted by Crippen LogP contribution is 2.35. The van der Waals surface area contributed by atoms with E-state index in [0.29, 0.717) is 0 Å². The molecule has 5 rings (SSSR count). The summed E-state index contributed by atoms with van der Waals surface area (Å²) in [5.41, 5.74) is 3.16. The predicted octanol–water partition coefficient (Wildman–Crippen LogP) is 4.42. The second kappa shape index (κ2) is 6.88. The van der Waals surface area contributed by atoms with Crippen LogP contribution in [0.25, 0.3) is 21.7 Å². The minimum atomic E-state index is -0.617. The molecular formula is C23H16N4O4. The number of hydrazone groups is 1. The van der Waals surface area contributed by atoms with Gasteiger partial charge in [-0.05, 0) is 30.2 Å². The number of carbonyl (C=O) groups is 2. The van der Waals surface area contributed by atoms with E-state index in [-0.39, 0.29) is 27.6 Å². The van der Waals surface area contributed by atoms with Gasteiger partial charge in [0.15, 0.2) is 0 Å². The number of imide groups is 1. The lowest BCUT2D eigenvalue weighted by molar-refractivity contribution is -0.383. The van der Waals surface area contributed by atoms with Gasteiger partial charge in [0.05, 0.1) is 27.7 Å². The Morgan fingerprint density at radius 1 is 1.03 bits per heavy atom. The molecule has 0 saturated carbocycles. The van der Waals surface area contributed by atoms with Crippen LogP contribution in [0.15, 0.2) is 59.8 Å². The van der Waals surface area contributed by atoms with Crippen LogP contribution < -0.4 is 0 Å². The number of benzene rings is 3. The van der Waals surface area contributed by atoms with Gasteiger partial charge in [-0.15, -0.1) is 0 Å². The minimum Gasteiger partial charge on any atom is -0.360 e. The van der Waals surface area contributed by atoms with Crippen molar-refractivity contribution < 1.29 is 14.5 Å². The Morgan fingerprint density at radius 3 is 2.48 bits per heavy atom. The van der Waals surface area contributed by atoms with Gasteiger partial charge in [0.25, 0.3) is 17.5 Å². The molecule has 0 spiro atoms. The normalized spacial score (nSPS) is 13.6. The molecule has 0 unspecified atom stereocenters. The molecule has 8 heteroatoms. The Bertz CT molecular complexity index is 1430. The molecule has 3 aromatic carbocycles. The van der Waals surface area contributed by atoms with Crippen molar-refractivity contribution in [3.05, 3.63) is 87.1 Å². The smallest absolute Gasteiger partial charge is 0.282 e. The quantitative estimate of drug-likeness (QED) is 0.232. The molecule has 1 aromatic heterocycles. The number of hydrogen-bond acceptors (Lipinski definition) is 5. The summed E-state index contributed by atoms with van der Waals surface area (Å²) in [6.45, 7) is 2.07. The Labute approximate surface area is 175 Å². The maximum absolute atomic E-state index is 13.0. The van der Waals surface area contributed by atoms with Gasteiger partial charge in [0, 0.05) is 34.1 Å². The van der Waals surface area contributed by atoms with Gasteiger partial charge in [-0.25, -0.2) is 0 Å². The Balaban J connectivity index is 1.59. The fourth-order valence-electron chi connectivity index (χ4n) is 4.09. The third-order valence-corrected chi connectivity index (χ3v) is 5.59. The second-order valence-electron chi connectivity index (χ2n) is 7.22. The highest BCUT2D eigenvalue weighted by molar-refractivity contribution is 6.26. The topological polar surface area (TPSA) is 109 Å². The first-order valence-electron chi connectivity index (χ1n) is 9.73. The van der Waals surface area contributed by atoms with Crippen molar-refractivity contribution in [1.29, 1.82) is 0 Å². The number of amides is 2. The molecule has 31 heavy (non-hydrogen) atoms. The van der Waals surface area contributed by atoms with E-state index in [2.05, 4.69) is 17.0 Å². The van der Waals surface area contributed by atoms with Crippen molar-refractivity contribution in [2.75, 3.05) is 0 Å². The maximum Gasteiger partial charge on any atom is 0.282 e. The van der Waals surface area contributed by atoms with Gasteiger partial charge in [-0.1, -0.05) is 31.2 Å². The lowest BCUT2D eigenvalue weighted by Gasteiger charge is -2.22. The van der Waals surface area contributed by atoms with Crippen LogP contribution in [0.5, 0.6) is 0 Å². The molecule has 8 nitrogen and oxygen atoms in total. The van der Waals surface area contributed by atoms with E-state index in [1.807, 2.05) is 18.2 Å². The maximum atomic E-state index is 13.0. The summed E-state index contributed by atoms with van der Waals surface area (Å²) < 4.78 is 0. The van der Waals surface area contributed by atoms with E-state index in [9.17, 15) is 19.7 Å². The van der Waals surface area contributed by atoms with Crippen LogP contribution in [-0.2, 0) is 6.42 Å². The van der Waals surface area contributed by atoms with Crippen molar-refractivity contribution in [2.24, 2.45) is 5.10 Å². The van der Waals surface area contributed by atoms with Crippen LogP contribution in [0.4, 0.5) is 5.69 Å². The number of rotatable bonds is 4. The van der Waals surface area contributed by atoms with Crippen molar-refractivity contribution in [3.63, 3.8) is 0 Å². The molecule has 2 heterocycles. The Hall–Kier alpha value is -4.33. The third kappa shape index (κ3) is 2.72. The van der Waals surface area contributed by atoms with Crippen molar-refractivity contribution in [1.82, 2.24) is 9.99 Å². The molecule has 4 aromatic rings. The standard InChI is InChI=1S/C23H16N4O4/c1-2-13-5-3-6-15-14(11-24-21(13)15)12-25-26-22(28)17-8-4-7-16-19(27(30)31)10-9-18(20(16)17)23(26)29/h3-12,24H,2H2,1H3/b25-12+. The number of hydrogen-bond donors (Lipinski definition) is 1. The largest absolute Gasteiger partial charge is 0.360 e. The summed E-state index contributed by atoms with van der Waals surface area (Å²) in [7, 11) is 0. The van der Waals surface area contributed by atoms with Crippen LogP contribution in [0.1, 0.15) is 38.8 Å². The molecular weight excluding hydrogens is 396 g/mol. The van der Waals surface area contributed by atoms with Crippen molar-refractivity contribution >= 4 is 45.4 Å². The average Bonchev–Trinajstić information content (AvgIpc) is 3.20. The molecule has 0 aliphatic carbocycles. The van der Waals surface area contributed by atoms with Gasteiger partial charge in [0.1, 0.15) is 0 Å². The number of aryl methyl sites for hydroxylation is 1. The monoisotopic (exact) mass is 412 g/mol. The molecule has 1 N–H and O–H groups in total. The average molecular weight is 412 g/mol. The number of carbonyl (C=O) groups excluding carboxylic acids is 2. The highest BCUT2D eigenvalue weighted by Gasteiger charge is 2.34. The summed E-state index contributed by atoms with van der Waals surface area (Å²) in [5.74, 6) is -1.23. The molecule has 0 radical (unpaired) electrons. The lowest BCUT2D eigenvalue weighted by atomic mass is 9.94. The molecule has 152 valence electrons. The Morgan fingerprint density at radius 2 is 1.74 bits per heavy atom. The van der Waals surface area contributed by atoms with Crippen LogP contribution >= 0.6 is 0 Å². The number of nitro benzene ring substituents is 1. The van der Waals surface area contributed by atoms with Gasteiger partial charge >= 0.3 is 0 Å². The van der Waals surface area contributed by atoms with Crippen molar-refractivity contribution in [2.45, 2.75) is 13.3 Å². The fourth-order valence-corrected chi connectivity index (χ4v) is 4.09. The minimum absolute atomic E-state index is 0.149. The van der Waals surface area contributed by atoms with E-state index in [0.717, 1.165) is 33.5 Å². The summed E-state index contributed by atoms with van der Waals surface area (Å²) in [6, 6.07) is 13.2. The lowest BCUT2D eigenvalue weighted by Crippen LogP contribution is -2.36. The first kappa shape index (κ1) is 18.7. The zero-order valence-electron chi connectivity index (χ0n) is 16.5. The van der Waals surface area contributed by atoms with Gasteiger partial charge < -0.3 is 4.98 Å². The van der Waals surface area contributed by atoms with E-state index in [1.165, 1.54) is 24.4 Å². The van der Waals surface area contributed by atoms with E-state index < -0.39 is 16.7 Å². The van der Waals surface area contributed by atoms with Gasteiger partial charge in [-0.2, -0.15) is 10.1 Å². The zero-order chi connectivity index (χ0) is 21.7. The number of para-hydroxylation sites is 1. The molecule has 0 fully saturated rings. The van der Waals surface area contributed by atoms with Crippen LogP contribution in [0.2, 0.25) is 0 Å². The van der Waals surface area contributed by atoms with E-state index >= 15 is 0 Å². The summed E-state index contributed by atoms with van der Waals surface area (Å²) in [4.78, 5) is 40.1. The van der Waals surface area contributed by atoms with Crippen molar-refractivity contribution in [3.8, 4) is 0 Å². The molecule has 0 saturated heterocycles. The number of fused-ring (bicyclic) bond motifs is 1. The molecule has 0 bridgehead atoms. The predicted molar refractivity (Wildman–Crippen MR) is 116 cm³/mol. The molecule has 1 aliphatic heterocycles. The third-order valence-electron chi connectivity index (χ3n) is 5.59. The zero-order valence-corrected chi connectivity index (χ0v) is 16.5. The molecule has 2 amide bonds. The number of aromatic nitrogens is 1. The molecule has 1 aliphatic rings. The van der Waals surface area contributed by atoms with Gasteiger partial charge in [-0.3, -0.25) is 19.7 Å². The first-order valence-corrected chi connectivity index (χ1v) is 9.73. The van der Waals surface area contributed by atoms with Gasteiger partial charge in [0.2, 0.25) is 0 Å². The SMILES string of the molecule is CCc1cccc2c(/C=N/N3C(=O)c4cccc5c([N+](=O)[O-])ccc(c45)C3=O)c[nH]c12. The number of nitrogens with zero attached hydrogens (tertiary/aromatic N) is 3.